The van der Waals surface area contributed by atoms with Gasteiger partial charge in [-0.05, 0) is 19.3 Å². The molecule has 13 heavy (non-hydrogen) atoms. The fraction of sp³-hybridized carbons (Fsp3) is 0.900. The van der Waals surface area contributed by atoms with Crippen LogP contribution in [0.2, 0.25) is 0 Å². The summed E-state index contributed by atoms with van der Waals surface area (Å²) in [5.74, 6) is 0.299. The molecule has 0 unspecified atom stereocenters. The van der Waals surface area contributed by atoms with E-state index in [9.17, 15) is 4.79 Å². The molecule has 1 aliphatic heterocycles. The molecule has 0 aromatic rings. The van der Waals surface area contributed by atoms with E-state index in [-0.39, 0.29) is 5.41 Å². The largest absolute Gasteiger partial charge is 0.350 e. The SMILES string of the molecule is CCC1(C(=O)NC2CNC2)CCC1. The zero-order valence-electron chi connectivity index (χ0n) is 8.23. The molecule has 1 heterocycles. The topological polar surface area (TPSA) is 41.1 Å². The van der Waals surface area contributed by atoms with Gasteiger partial charge in [-0.15, -0.1) is 0 Å². The molecule has 2 aliphatic rings. The smallest absolute Gasteiger partial charge is 0.226 e. The fourth-order valence-electron chi connectivity index (χ4n) is 2.07. The van der Waals surface area contributed by atoms with E-state index in [2.05, 4.69) is 17.6 Å². The molecular weight excluding hydrogens is 164 g/mol. The Bertz CT molecular complexity index is 201. The summed E-state index contributed by atoms with van der Waals surface area (Å²) in [5.41, 5.74) is 0.00951. The van der Waals surface area contributed by atoms with Gasteiger partial charge in [0, 0.05) is 18.5 Å². The van der Waals surface area contributed by atoms with Crippen molar-refractivity contribution in [2.45, 2.75) is 38.6 Å². The lowest BCUT2D eigenvalue weighted by Gasteiger charge is -2.41. The summed E-state index contributed by atoms with van der Waals surface area (Å²) in [6, 6.07) is 0.400. The Morgan fingerprint density at radius 2 is 2.23 bits per heavy atom. The van der Waals surface area contributed by atoms with E-state index in [1.165, 1.54) is 6.42 Å². The molecule has 1 amide bonds. The first kappa shape index (κ1) is 9.00. The summed E-state index contributed by atoms with van der Waals surface area (Å²) in [7, 11) is 0. The third-order valence-electron chi connectivity index (χ3n) is 3.59. The van der Waals surface area contributed by atoms with Gasteiger partial charge in [0.1, 0.15) is 0 Å². The lowest BCUT2D eigenvalue weighted by molar-refractivity contribution is -0.137. The third-order valence-corrected chi connectivity index (χ3v) is 3.59. The van der Waals surface area contributed by atoms with Crippen LogP contribution in [0.3, 0.4) is 0 Å². The normalized spacial score (nSPS) is 25.9. The number of rotatable bonds is 3. The average molecular weight is 182 g/mol. The molecule has 0 aromatic carbocycles. The molecule has 3 nitrogen and oxygen atoms in total. The Morgan fingerprint density at radius 1 is 1.54 bits per heavy atom. The van der Waals surface area contributed by atoms with Gasteiger partial charge in [-0.1, -0.05) is 13.3 Å². The highest BCUT2D eigenvalue weighted by Gasteiger charge is 2.43. The van der Waals surface area contributed by atoms with E-state index in [0.717, 1.165) is 32.4 Å². The van der Waals surface area contributed by atoms with Crippen LogP contribution < -0.4 is 10.6 Å². The van der Waals surface area contributed by atoms with Crippen molar-refractivity contribution in [3.8, 4) is 0 Å². The van der Waals surface area contributed by atoms with Crippen molar-refractivity contribution >= 4 is 5.91 Å². The molecule has 1 aliphatic carbocycles. The second kappa shape index (κ2) is 3.29. The highest BCUT2D eigenvalue weighted by molar-refractivity contribution is 5.83. The van der Waals surface area contributed by atoms with Crippen LogP contribution >= 0.6 is 0 Å². The minimum Gasteiger partial charge on any atom is -0.350 e. The van der Waals surface area contributed by atoms with Gasteiger partial charge in [0.05, 0.1) is 6.04 Å². The quantitative estimate of drug-likeness (QED) is 0.673. The molecule has 0 atom stereocenters. The predicted octanol–water partition coefficient (Wildman–Crippen LogP) is 0.655. The van der Waals surface area contributed by atoms with E-state index in [1.54, 1.807) is 0 Å². The molecule has 2 rings (SSSR count). The Kier molecular flexibility index (Phi) is 2.28. The summed E-state index contributed by atoms with van der Waals surface area (Å²) < 4.78 is 0. The standard InChI is InChI=1S/C10H18N2O/c1-2-10(4-3-5-10)9(13)12-8-6-11-7-8/h8,11H,2-7H2,1H3,(H,12,13). The van der Waals surface area contributed by atoms with Crippen LogP contribution in [0.5, 0.6) is 0 Å². The fourth-order valence-corrected chi connectivity index (χ4v) is 2.07. The van der Waals surface area contributed by atoms with Crippen molar-refractivity contribution in [2.75, 3.05) is 13.1 Å². The Hall–Kier alpha value is -0.570. The average Bonchev–Trinajstić information content (AvgIpc) is 1.96. The molecule has 0 spiro atoms. The van der Waals surface area contributed by atoms with Crippen LogP contribution in [-0.4, -0.2) is 25.0 Å². The molecule has 0 aromatic heterocycles. The summed E-state index contributed by atoms with van der Waals surface area (Å²) in [6.07, 6.45) is 4.41. The van der Waals surface area contributed by atoms with E-state index in [4.69, 9.17) is 0 Å². The van der Waals surface area contributed by atoms with Gasteiger partial charge >= 0.3 is 0 Å². The molecule has 0 bridgehead atoms. The maximum Gasteiger partial charge on any atom is 0.226 e. The van der Waals surface area contributed by atoms with Gasteiger partial charge in [0.15, 0.2) is 0 Å². The Balaban J connectivity index is 1.87. The van der Waals surface area contributed by atoms with Gasteiger partial charge in [-0.3, -0.25) is 4.79 Å². The van der Waals surface area contributed by atoms with Gasteiger partial charge < -0.3 is 10.6 Å². The van der Waals surface area contributed by atoms with Gasteiger partial charge in [-0.25, -0.2) is 0 Å². The summed E-state index contributed by atoms with van der Waals surface area (Å²) in [6.45, 7) is 4.02. The first-order chi connectivity index (χ1) is 6.27. The van der Waals surface area contributed by atoms with E-state index >= 15 is 0 Å². The number of hydrogen-bond acceptors (Lipinski definition) is 2. The first-order valence-electron chi connectivity index (χ1n) is 5.28. The highest BCUT2D eigenvalue weighted by Crippen LogP contribution is 2.43. The second-order valence-electron chi connectivity index (χ2n) is 4.32. The van der Waals surface area contributed by atoms with Crippen molar-refractivity contribution < 1.29 is 4.79 Å². The first-order valence-corrected chi connectivity index (χ1v) is 5.28. The molecule has 1 saturated carbocycles. The monoisotopic (exact) mass is 182 g/mol. The molecule has 1 saturated heterocycles. The van der Waals surface area contributed by atoms with Crippen LogP contribution in [-0.2, 0) is 4.79 Å². The second-order valence-corrected chi connectivity index (χ2v) is 4.32. The zero-order valence-corrected chi connectivity index (χ0v) is 8.23. The van der Waals surface area contributed by atoms with Crippen molar-refractivity contribution in [1.82, 2.24) is 10.6 Å². The number of hydrogen-bond donors (Lipinski definition) is 2. The molecular formula is C10H18N2O. The number of carbonyl (C=O) groups excluding carboxylic acids is 1. The van der Waals surface area contributed by atoms with Crippen molar-refractivity contribution in [3.63, 3.8) is 0 Å². The number of carbonyl (C=O) groups is 1. The Labute approximate surface area is 79.3 Å². The van der Waals surface area contributed by atoms with E-state index in [1.807, 2.05) is 0 Å². The molecule has 74 valence electrons. The van der Waals surface area contributed by atoms with Crippen LogP contribution in [0, 0.1) is 5.41 Å². The molecule has 2 fully saturated rings. The summed E-state index contributed by atoms with van der Waals surface area (Å²) in [5, 5.41) is 6.27. The molecule has 2 N–H and O–H groups in total. The Morgan fingerprint density at radius 3 is 2.54 bits per heavy atom. The third kappa shape index (κ3) is 1.46. The van der Waals surface area contributed by atoms with Gasteiger partial charge in [-0.2, -0.15) is 0 Å². The highest BCUT2D eigenvalue weighted by atomic mass is 16.2. The minimum absolute atomic E-state index is 0.00951. The van der Waals surface area contributed by atoms with Crippen LogP contribution in [0.15, 0.2) is 0 Å². The molecule has 3 heteroatoms. The summed E-state index contributed by atoms with van der Waals surface area (Å²) >= 11 is 0. The van der Waals surface area contributed by atoms with Crippen molar-refractivity contribution in [1.29, 1.82) is 0 Å². The summed E-state index contributed by atoms with van der Waals surface area (Å²) in [4.78, 5) is 11.8. The van der Waals surface area contributed by atoms with Crippen LogP contribution in [0.1, 0.15) is 32.6 Å². The van der Waals surface area contributed by atoms with Gasteiger partial charge in [0.2, 0.25) is 5.91 Å². The maximum absolute atomic E-state index is 11.8. The van der Waals surface area contributed by atoms with Crippen molar-refractivity contribution in [3.05, 3.63) is 0 Å². The lowest BCUT2D eigenvalue weighted by Crippen LogP contribution is -2.60. The van der Waals surface area contributed by atoms with Gasteiger partial charge in [0.25, 0.3) is 0 Å². The maximum atomic E-state index is 11.8. The van der Waals surface area contributed by atoms with Crippen molar-refractivity contribution in [2.24, 2.45) is 5.41 Å². The predicted molar refractivity (Wildman–Crippen MR) is 51.4 cm³/mol. The minimum atomic E-state index is 0.00951. The number of nitrogens with one attached hydrogen (secondary N) is 2. The lowest BCUT2D eigenvalue weighted by atomic mass is 9.66. The van der Waals surface area contributed by atoms with E-state index in [0.29, 0.717) is 11.9 Å². The van der Waals surface area contributed by atoms with Crippen LogP contribution in [0.4, 0.5) is 0 Å². The van der Waals surface area contributed by atoms with E-state index < -0.39 is 0 Å². The number of amides is 1. The van der Waals surface area contributed by atoms with Crippen LogP contribution in [0.25, 0.3) is 0 Å². The zero-order chi connectivity index (χ0) is 9.31. The molecule has 0 radical (unpaired) electrons.